The highest BCUT2D eigenvalue weighted by Crippen LogP contribution is 2.32. The summed E-state index contributed by atoms with van der Waals surface area (Å²) in [5, 5.41) is 1.17. The summed E-state index contributed by atoms with van der Waals surface area (Å²) in [6.45, 7) is 0.158. The number of hydrogen-bond acceptors (Lipinski definition) is 5. The molecule has 1 fully saturated rings. The van der Waals surface area contributed by atoms with Gasteiger partial charge in [0.2, 0.25) is 5.54 Å². The van der Waals surface area contributed by atoms with E-state index in [2.05, 4.69) is 4.74 Å². The van der Waals surface area contributed by atoms with Crippen molar-refractivity contribution in [2.24, 2.45) is 5.73 Å². The summed E-state index contributed by atoms with van der Waals surface area (Å²) < 4.78 is 4.41. The number of hydrogen-bond donors (Lipinski definition) is 1. The van der Waals surface area contributed by atoms with Crippen molar-refractivity contribution in [3.8, 4) is 0 Å². The maximum absolute atomic E-state index is 11.1. The molecule has 1 saturated heterocycles. The minimum atomic E-state index is -1.39. The first kappa shape index (κ1) is 8.95. The number of ether oxygens (including phenoxy) is 1. The normalized spacial score (nSPS) is 32.7. The van der Waals surface area contributed by atoms with Gasteiger partial charge in [-0.2, -0.15) is 5.06 Å². The van der Waals surface area contributed by atoms with Crippen LogP contribution in [0.1, 0.15) is 0 Å². The number of amides is 1. The zero-order chi connectivity index (χ0) is 9.35. The van der Waals surface area contributed by atoms with Gasteiger partial charge in [0.15, 0.2) is 0 Å². The molecule has 1 aliphatic rings. The highest BCUT2D eigenvalue weighted by atomic mass is 16.7. The van der Waals surface area contributed by atoms with Crippen LogP contribution in [0.25, 0.3) is 0 Å². The lowest BCUT2D eigenvalue weighted by molar-refractivity contribution is -0.157. The van der Waals surface area contributed by atoms with E-state index in [1.54, 1.807) is 0 Å². The Labute approximate surface area is 69.2 Å². The molecular weight excluding hydrogens is 164 g/mol. The molecular formula is C6H10N2O4. The van der Waals surface area contributed by atoms with Gasteiger partial charge in [-0.3, -0.25) is 4.79 Å². The maximum Gasteiger partial charge on any atom is 0.339 e. The number of nitrogens with zero attached hydrogens (tertiary/aromatic N) is 1. The smallest absolute Gasteiger partial charge is 0.339 e. The van der Waals surface area contributed by atoms with Crippen LogP contribution in [-0.4, -0.2) is 43.2 Å². The van der Waals surface area contributed by atoms with Crippen molar-refractivity contribution >= 4 is 11.9 Å². The molecule has 6 heteroatoms. The van der Waals surface area contributed by atoms with Crippen LogP contribution in [0.4, 0.5) is 0 Å². The Bertz CT molecular complexity index is 230. The van der Waals surface area contributed by atoms with E-state index in [4.69, 9.17) is 10.6 Å². The van der Waals surface area contributed by atoms with Crippen molar-refractivity contribution in [3.05, 3.63) is 0 Å². The van der Waals surface area contributed by atoms with Crippen LogP contribution in [-0.2, 0) is 19.2 Å². The molecule has 12 heavy (non-hydrogen) atoms. The SMILES string of the molecule is COC(=O)C1(C(N)=O)CN1OC. The van der Waals surface area contributed by atoms with Gasteiger partial charge in [0, 0.05) is 0 Å². The zero-order valence-corrected chi connectivity index (χ0v) is 6.86. The molecule has 0 spiro atoms. The van der Waals surface area contributed by atoms with Gasteiger partial charge < -0.3 is 15.3 Å². The van der Waals surface area contributed by atoms with Crippen LogP contribution in [0.15, 0.2) is 0 Å². The Kier molecular flexibility index (Phi) is 2.03. The van der Waals surface area contributed by atoms with Crippen molar-refractivity contribution in [2.45, 2.75) is 5.54 Å². The van der Waals surface area contributed by atoms with E-state index in [0.717, 1.165) is 0 Å². The van der Waals surface area contributed by atoms with Crippen LogP contribution < -0.4 is 5.73 Å². The Morgan fingerprint density at radius 1 is 1.50 bits per heavy atom. The van der Waals surface area contributed by atoms with Gasteiger partial charge in [0.25, 0.3) is 5.91 Å². The zero-order valence-electron chi connectivity index (χ0n) is 6.86. The first-order valence-corrected chi connectivity index (χ1v) is 3.29. The van der Waals surface area contributed by atoms with E-state index in [9.17, 15) is 9.59 Å². The van der Waals surface area contributed by atoms with Crippen LogP contribution in [0.5, 0.6) is 0 Å². The van der Waals surface area contributed by atoms with E-state index in [1.165, 1.54) is 19.3 Å². The first-order chi connectivity index (χ1) is 5.59. The summed E-state index contributed by atoms with van der Waals surface area (Å²) in [4.78, 5) is 26.6. The molecule has 1 rings (SSSR count). The van der Waals surface area contributed by atoms with E-state index < -0.39 is 17.4 Å². The van der Waals surface area contributed by atoms with Crippen molar-refractivity contribution in [1.82, 2.24) is 5.06 Å². The van der Waals surface area contributed by atoms with E-state index in [0.29, 0.717) is 0 Å². The van der Waals surface area contributed by atoms with Crippen LogP contribution in [0, 0.1) is 0 Å². The van der Waals surface area contributed by atoms with Gasteiger partial charge in [-0.1, -0.05) is 0 Å². The third-order valence-corrected chi connectivity index (χ3v) is 1.85. The molecule has 0 aromatic carbocycles. The Morgan fingerprint density at radius 2 is 2.08 bits per heavy atom. The fourth-order valence-electron chi connectivity index (χ4n) is 1.03. The number of carbonyl (C=O) groups is 2. The second-order valence-corrected chi connectivity index (χ2v) is 2.44. The van der Waals surface area contributed by atoms with Gasteiger partial charge in [0.1, 0.15) is 0 Å². The molecule has 1 aliphatic heterocycles. The summed E-state index contributed by atoms with van der Waals surface area (Å²) in [5.41, 5.74) is 3.63. The van der Waals surface area contributed by atoms with Crippen LogP contribution >= 0.6 is 0 Å². The molecule has 1 amide bonds. The second kappa shape index (κ2) is 2.72. The standard InChI is InChI=1S/C6H10N2O4/c1-11-5(10)6(4(7)9)3-8(6)12-2/h3H2,1-2H3,(H2,7,9). The van der Waals surface area contributed by atoms with Crippen molar-refractivity contribution in [2.75, 3.05) is 20.8 Å². The molecule has 0 aromatic heterocycles. The van der Waals surface area contributed by atoms with Gasteiger partial charge in [-0.25, -0.2) is 4.79 Å². The average molecular weight is 174 g/mol. The molecule has 2 atom stereocenters. The highest BCUT2D eigenvalue weighted by Gasteiger charge is 2.66. The first-order valence-electron chi connectivity index (χ1n) is 3.29. The van der Waals surface area contributed by atoms with Crippen LogP contribution in [0.2, 0.25) is 0 Å². The highest BCUT2D eigenvalue weighted by molar-refractivity contribution is 6.10. The second-order valence-electron chi connectivity index (χ2n) is 2.44. The number of carbonyl (C=O) groups excluding carboxylic acids is 2. The number of primary amides is 1. The molecule has 2 unspecified atom stereocenters. The number of esters is 1. The molecule has 0 saturated carbocycles. The summed E-state index contributed by atoms with van der Waals surface area (Å²) in [7, 11) is 2.55. The quantitative estimate of drug-likeness (QED) is 0.312. The molecule has 68 valence electrons. The predicted molar refractivity (Wildman–Crippen MR) is 37.7 cm³/mol. The van der Waals surface area contributed by atoms with Gasteiger partial charge in [-0.15, -0.1) is 0 Å². The Hall–Kier alpha value is -1.14. The van der Waals surface area contributed by atoms with Crippen molar-refractivity contribution < 1.29 is 19.2 Å². The largest absolute Gasteiger partial charge is 0.467 e. The monoisotopic (exact) mass is 174 g/mol. The molecule has 6 nitrogen and oxygen atoms in total. The third kappa shape index (κ3) is 0.961. The minimum Gasteiger partial charge on any atom is -0.467 e. The van der Waals surface area contributed by atoms with Crippen LogP contribution in [0.3, 0.4) is 0 Å². The lowest BCUT2D eigenvalue weighted by Gasteiger charge is -2.08. The average Bonchev–Trinajstić information content (AvgIpc) is 2.78. The van der Waals surface area contributed by atoms with Crippen molar-refractivity contribution in [3.63, 3.8) is 0 Å². The molecule has 0 radical (unpaired) electrons. The van der Waals surface area contributed by atoms with E-state index in [1.807, 2.05) is 0 Å². The number of methoxy groups -OCH3 is 1. The van der Waals surface area contributed by atoms with Gasteiger partial charge in [0.05, 0.1) is 20.8 Å². The van der Waals surface area contributed by atoms with Gasteiger partial charge in [-0.05, 0) is 0 Å². The van der Waals surface area contributed by atoms with Crippen molar-refractivity contribution in [1.29, 1.82) is 0 Å². The lowest BCUT2D eigenvalue weighted by Crippen LogP contribution is -2.43. The fraction of sp³-hybridized carbons (Fsp3) is 0.667. The maximum atomic E-state index is 11.1. The molecule has 0 aliphatic carbocycles. The Morgan fingerprint density at radius 3 is 2.33 bits per heavy atom. The summed E-state index contributed by atoms with van der Waals surface area (Å²) in [6.07, 6.45) is 0. The number of hydroxylamine groups is 2. The molecule has 0 aromatic rings. The topological polar surface area (TPSA) is 81.6 Å². The molecule has 0 bridgehead atoms. The Balaban J connectivity index is 2.78. The number of nitrogens with two attached hydrogens (primary N) is 1. The van der Waals surface area contributed by atoms with E-state index in [-0.39, 0.29) is 6.54 Å². The lowest BCUT2D eigenvalue weighted by atomic mass is 10.1. The minimum absolute atomic E-state index is 0.158. The van der Waals surface area contributed by atoms with E-state index >= 15 is 0 Å². The van der Waals surface area contributed by atoms with Gasteiger partial charge >= 0.3 is 5.97 Å². The summed E-state index contributed by atoms with van der Waals surface area (Å²) in [6, 6.07) is 0. The molecule has 1 heterocycles. The molecule has 2 N–H and O–H groups in total. The predicted octanol–water partition coefficient (Wildman–Crippen LogP) is -1.74. The summed E-state index contributed by atoms with van der Waals surface area (Å²) in [5.74, 6) is -1.44. The third-order valence-electron chi connectivity index (χ3n) is 1.85. The summed E-state index contributed by atoms with van der Waals surface area (Å²) >= 11 is 0. The number of rotatable bonds is 3. The fourth-order valence-corrected chi connectivity index (χ4v) is 1.03.